The number of nitrogens with one attached hydrogen (secondary N) is 2. The number of rotatable bonds is 5. The Morgan fingerprint density at radius 2 is 2.50 bits per heavy atom. The maximum absolute atomic E-state index is 10.3. The van der Waals surface area contributed by atoms with Crippen LogP contribution >= 0.6 is 0 Å². The van der Waals surface area contributed by atoms with Crippen molar-refractivity contribution in [3.05, 3.63) is 18.5 Å². The van der Waals surface area contributed by atoms with E-state index in [4.69, 9.17) is 4.74 Å². The summed E-state index contributed by atoms with van der Waals surface area (Å²) in [5.74, 6) is 0.674. The molecule has 1 fully saturated rings. The number of aromatic nitrogens is 1. The number of pyridine rings is 1. The predicted octanol–water partition coefficient (Wildman–Crippen LogP) is 0.779. The van der Waals surface area contributed by atoms with Crippen LogP contribution in [0.25, 0.3) is 0 Å². The van der Waals surface area contributed by atoms with E-state index < -0.39 is 0 Å². The van der Waals surface area contributed by atoms with E-state index >= 15 is 0 Å². The molecule has 0 radical (unpaired) electrons. The highest BCUT2D eigenvalue weighted by atomic mass is 16.5. The van der Waals surface area contributed by atoms with Gasteiger partial charge in [0, 0.05) is 12.1 Å². The number of amides is 1. The van der Waals surface area contributed by atoms with Crippen molar-refractivity contribution in [1.82, 2.24) is 10.3 Å². The number of nitrogens with zero attached hydrogens (tertiary/aromatic N) is 1. The molecule has 2 heterocycles. The maximum Gasteiger partial charge on any atom is 0.211 e. The largest absolute Gasteiger partial charge is 0.487 e. The highest BCUT2D eigenvalue weighted by molar-refractivity contribution is 5.71. The van der Waals surface area contributed by atoms with E-state index in [-0.39, 0.29) is 6.10 Å². The molecule has 1 unspecified atom stereocenters. The number of hydrogen-bond acceptors (Lipinski definition) is 4. The van der Waals surface area contributed by atoms with E-state index in [0.29, 0.717) is 23.9 Å². The van der Waals surface area contributed by atoms with Gasteiger partial charge in [0.25, 0.3) is 0 Å². The molecular formula is C11H15N3O2. The lowest BCUT2D eigenvalue weighted by atomic mass is 10.0. The first kappa shape index (κ1) is 10.9. The first-order chi connectivity index (χ1) is 7.79. The van der Waals surface area contributed by atoms with Crippen LogP contribution < -0.4 is 15.4 Å². The van der Waals surface area contributed by atoms with Gasteiger partial charge >= 0.3 is 0 Å². The summed E-state index contributed by atoms with van der Waals surface area (Å²) in [5.41, 5.74) is 0.640. The van der Waals surface area contributed by atoms with Crippen molar-refractivity contribution in [3.63, 3.8) is 0 Å². The number of ether oxygens (including phenoxy) is 1. The predicted molar refractivity (Wildman–Crippen MR) is 60.4 cm³/mol. The molecule has 0 aromatic carbocycles. The van der Waals surface area contributed by atoms with Gasteiger partial charge in [0.1, 0.15) is 11.9 Å². The number of carbonyl (C=O) groups is 1. The number of carbonyl (C=O) groups excluding carboxylic acids is 1. The van der Waals surface area contributed by atoms with Gasteiger partial charge in [-0.3, -0.25) is 9.78 Å². The summed E-state index contributed by atoms with van der Waals surface area (Å²) >= 11 is 0. The van der Waals surface area contributed by atoms with Gasteiger partial charge in [-0.15, -0.1) is 0 Å². The Hall–Kier alpha value is -1.62. The first-order valence-electron chi connectivity index (χ1n) is 5.35. The third-order valence-corrected chi connectivity index (χ3v) is 2.69. The molecule has 1 aliphatic rings. The van der Waals surface area contributed by atoms with Crippen LogP contribution in [0.3, 0.4) is 0 Å². The molecule has 1 aromatic rings. The van der Waals surface area contributed by atoms with Crippen molar-refractivity contribution in [2.24, 2.45) is 0 Å². The molecule has 2 N–H and O–H groups in total. The summed E-state index contributed by atoms with van der Waals surface area (Å²) in [6.07, 6.45) is 5.10. The van der Waals surface area contributed by atoms with Crippen molar-refractivity contribution >= 4 is 12.1 Å². The van der Waals surface area contributed by atoms with Crippen LogP contribution in [0.2, 0.25) is 0 Å². The molecule has 5 nitrogen and oxygen atoms in total. The van der Waals surface area contributed by atoms with E-state index in [2.05, 4.69) is 15.6 Å². The van der Waals surface area contributed by atoms with E-state index in [1.54, 1.807) is 18.5 Å². The van der Waals surface area contributed by atoms with E-state index in [9.17, 15) is 4.79 Å². The van der Waals surface area contributed by atoms with E-state index in [0.717, 1.165) is 13.0 Å². The zero-order valence-electron chi connectivity index (χ0n) is 9.14. The van der Waals surface area contributed by atoms with Crippen LogP contribution in [-0.2, 0) is 4.79 Å². The molecule has 1 amide bonds. The molecule has 0 spiro atoms. The van der Waals surface area contributed by atoms with Crippen molar-refractivity contribution in [1.29, 1.82) is 0 Å². The van der Waals surface area contributed by atoms with Crippen LogP contribution in [0, 0.1) is 0 Å². The fraction of sp³-hybridized carbons (Fsp3) is 0.455. The molecule has 2 rings (SSSR count). The smallest absolute Gasteiger partial charge is 0.211 e. The zero-order chi connectivity index (χ0) is 11.4. The van der Waals surface area contributed by atoms with Gasteiger partial charge in [-0.1, -0.05) is 0 Å². The molecule has 1 saturated heterocycles. The molecule has 1 aromatic heterocycles. The first-order valence-corrected chi connectivity index (χ1v) is 5.35. The van der Waals surface area contributed by atoms with Gasteiger partial charge in [0.15, 0.2) is 0 Å². The molecular weight excluding hydrogens is 206 g/mol. The van der Waals surface area contributed by atoms with Gasteiger partial charge in [-0.25, -0.2) is 0 Å². The molecule has 1 aliphatic heterocycles. The van der Waals surface area contributed by atoms with E-state index in [1.807, 2.05) is 6.92 Å². The summed E-state index contributed by atoms with van der Waals surface area (Å²) in [4.78, 5) is 14.3. The van der Waals surface area contributed by atoms with Crippen molar-refractivity contribution in [2.45, 2.75) is 25.5 Å². The third-order valence-electron chi connectivity index (χ3n) is 2.69. The Morgan fingerprint density at radius 1 is 1.69 bits per heavy atom. The molecule has 0 bridgehead atoms. The van der Waals surface area contributed by atoms with Crippen molar-refractivity contribution in [3.8, 4) is 5.75 Å². The number of anilines is 1. The summed E-state index contributed by atoms with van der Waals surface area (Å²) in [6, 6.07) is 2.18. The molecule has 5 heteroatoms. The van der Waals surface area contributed by atoms with Gasteiger partial charge in [0.05, 0.1) is 18.1 Å². The van der Waals surface area contributed by atoms with Gasteiger partial charge < -0.3 is 15.4 Å². The van der Waals surface area contributed by atoms with Crippen LogP contribution in [-0.4, -0.2) is 30.1 Å². The average molecular weight is 221 g/mol. The summed E-state index contributed by atoms with van der Waals surface area (Å²) < 4.78 is 5.72. The molecule has 0 aliphatic carbocycles. The highest BCUT2D eigenvalue weighted by Crippen LogP contribution is 2.19. The average Bonchev–Trinajstić information content (AvgIpc) is 2.15. The zero-order valence-corrected chi connectivity index (χ0v) is 9.14. The Labute approximate surface area is 94.2 Å². The van der Waals surface area contributed by atoms with Crippen molar-refractivity contribution in [2.75, 3.05) is 11.9 Å². The second kappa shape index (κ2) is 4.94. The SMILES string of the molecule is CC(Oc1cncc(NC=O)c1)[C@@H]1CCN1. The van der Waals surface area contributed by atoms with Crippen LogP contribution in [0.5, 0.6) is 5.75 Å². The normalized spacial score (nSPS) is 20.7. The molecule has 16 heavy (non-hydrogen) atoms. The molecule has 0 saturated carbocycles. The molecule has 2 atom stereocenters. The summed E-state index contributed by atoms with van der Waals surface area (Å²) in [5, 5.41) is 5.83. The van der Waals surface area contributed by atoms with Gasteiger partial charge in [-0.05, 0) is 19.9 Å². The molecule has 86 valence electrons. The van der Waals surface area contributed by atoms with Gasteiger partial charge in [-0.2, -0.15) is 0 Å². The minimum absolute atomic E-state index is 0.113. The lowest BCUT2D eigenvalue weighted by molar-refractivity contribution is -0.105. The minimum Gasteiger partial charge on any atom is -0.487 e. The van der Waals surface area contributed by atoms with Crippen LogP contribution in [0.4, 0.5) is 5.69 Å². The lowest BCUT2D eigenvalue weighted by Crippen LogP contribution is -2.51. The highest BCUT2D eigenvalue weighted by Gasteiger charge is 2.24. The Kier molecular flexibility index (Phi) is 3.36. The quantitative estimate of drug-likeness (QED) is 0.721. The number of hydrogen-bond donors (Lipinski definition) is 2. The second-order valence-corrected chi connectivity index (χ2v) is 3.84. The monoisotopic (exact) mass is 221 g/mol. The van der Waals surface area contributed by atoms with E-state index in [1.165, 1.54) is 0 Å². The van der Waals surface area contributed by atoms with Gasteiger partial charge in [0.2, 0.25) is 6.41 Å². The fourth-order valence-electron chi connectivity index (χ4n) is 1.64. The maximum atomic E-state index is 10.3. The summed E-state index contributed by atoms with van der Waals surface area (Å²) in [6.45, 7) is 3.08. The van der Waals surface area contributed by atoms with Crippen molar-refractivity contribution < 1.29 is 9.53 Å². The van der Waals surface area contributed by atoms with Crippen LogP contribution in [0.15, 0.2) is 18.5 Å². The topological polar surface area (TPSA) is 63.2 Å². The summed E-state index contributed by atoms with van der Waals surface area (Å²) in [7, 11) is 0. The second-order valence-electron chi connectivity index (χ2n) is 3.84. The Morgan fingerprint density at radius 3 is 3.12 bits per heavy atom. The Balaban J connectivity index is 1.97. The fourth-order valence-corrected chi connectivity index (χ4v) is 1.64. The van der Waals surface area contributed by atoms with Crippen LogP contribution in [0.1, 0.15) is 13.3 Å². The third kappa shape index (κ3) is 2.49. The standard InChI is InChI=1S/C11H15N3O2/c1-8(11-2-3-13-11)16-10-4-9(14-7-15)5-12-6-10/h4-8,11,13H,2-3H2,1H3,(H,14,15)/t8?,11-/m0/s1. The minimum atomic E-state index is 0.113. The lowest BCUT2D eigenvalue weighted by Gasteiger charge is -2.33. The Bertz CT molecular complexity index is 366.